The zero-order valence-electron chi connectivity index (χ0n) is 24.1. The van der Waals surface area contributed by atoms with Crippen LogP contribution in [0.4, 0.5) is 18.9 Å². The van der Waals surface area contributed by atoms with Gasteiger partial charge in [0.2, 0.25) is 5.91 Å². The lowest BCUT2D eigenvalue weighted by atomic mass is 9.57. The molecule has 6 atom stereocenters. The SMILES string of the molecule is O=C(CCCN1CCCCC1)Nc1ccc(O[C@H]2C[C@]34CC3CCC4[C@@H]3CCc4cc(O)ccc4[C@@H]23)cc1C(F)(F)F. The summed E-state index contributed by atoms with van der Waals surface area (Å²) in [5.41, 5.74) is 1.49. The van der Waals surface area contributed by atoms with Crippen LogP contribution in [0.25, 0.3) is 0 Å². The van der Waals surface area contributed by atoms with Crippen molar-refractivity contribution in [2.75, 3.05) is 25.0 Å². The number of benzene rings is 2. The van der Waals surface area contributed by atoms with E-state index in [1.807, 2.05) is 12.1 Å². The van der Waals surface area contributed by atoms with E-state index in [9.17, 15) is 23.1 Å². The van der Waals surface area contributed by atoms with Gasteiger partial charge < -0.3 is 20.1 Å². The molecule has 0 radical (unpaired) electrons. The summed E-state index contributed by atoms with van der Waals surface area (Å²) in [7, 11) is 0. The van der Waals surface area contributed by atoms with Crippen molar-refractivity contribution in [3.8, 4) is 11.5 Å². The van der Waals surface area contributed by atoms with Gasteiger partial charge in [0.25, 0.3) is 0 Å². The standard InChI is InChI=1S/C34H41F3N2O3/c35-34(36,37)28-18-24(9-13-29(28)38-31(41)5-4-16-39-14-2-1-3-15-39)42-30-20-33-19-22(33)7-12-27(33)26-10-6-21-17-23(40)8-11-25(21)32(26)30/h8-9,11,13,17-18,22,26-27,30,32,40H,1-7,10,12,14-16,19-20H2,(H,38,41)/t22?,26-,27?,30-,32+,33+/m0/s1. The second-order valence-corrected chi connectivity index (χ2v) is 13.5. The number of carbonyl (C=O) groups excluding carboxylic acids is 1. The number of phenols is 1. The molecule has 2 aromatic rings. The van der Waals surface area contributed by atoms with Gasteiger partial charge in [0.1, 0.15) is 17.6 Å². The Kier molecular flexibility index (Phi) is 7.19. The largest absolute Gasteiger partial charge is 0.508 e. The average molecular weight is 583 g/mol. The van der Waals surface area contributed by atoms with Crippen molar-refractivity contribution in [1.29, 1.82) is 0 Å². The number of rotatable bonds is 7. The number of nitrogens with one attached hydrogen (secondary N) is 1. The Balaban J connectivity index is 1.10. The summed E-state index contributed by atoms with van der Waals surface area (Å²) in [6.07, 6.45) is 6.01. The molecule has 2 N–H and O–H groups in total. The molecule has 7 rings (SSSR count). The van der Waals surface area contributed by atoms with Crippen molar-refractivity contribution >= 4 is 11.6 Å². The number of anilines is 1. The molecule has 1 aliphatic heterocycles. The Morgan fingerprint density at radius 2 is 1.88 bits per heavy atom. The van der Waals surface area contributed by atoms with Crippen LogP contribution in [0.2, 0.25) is 0 Å². The van der Waals surface area contributed by atoms with Crippen molar-refractivity contribution in [2.45, 2.75) is 88.8 Å². The molecule has 1 amide bonds. The molecule has 4 fully saturated rings. The molecule has 3 saturated carbocycles. The van der Waals surface area contributed by atoms with E-state index in [4.69, 9.17) is 4.74 Å². The van der Waals surface area contributed by atoms with Gasteiger partial charge in [0, 0.05) is 12.3 Å². The maximum atomic E-state index is 14.3. The normalized spacial score (nSPS) is 31.8. The first-order valence-corrected chi connectivity index (χ1v) is 15.9. The van der Waals surface area contributed by atoms with Gasteiger partial charge in [-0.1, -0.05) is 12.5 Å². The predicted molar refractivity (Wildman–Crippen MR) is 155 cm³/mol. The van der Waals surface area contributed by atoms with E-state index < -0.39 is 17.6 Å². The molecule has 226 valence electrons. The van der Waals surface area contributed by atoms with Crippen LogP contribution in [-0.2, 0) is 17.4 Å². The topological polar surface area (TPSA) is 61.8 Å². The van der Waals surface area contributed by atoms with E-state index in [2.05, 4.69) is 10.2 Å². The van der Waals surface area contributed by atoms with Crippen LogP contribution in [0, 0.1) is 23.2 Å². The zero-order chi connectivity index (χ0) is 29.1. The Bertz CT molecular complexity index is 1340. The first kappa shape index (κ1) is 28.1. The Labute approximate surface area is 245 Å². The van der Waals surface area contributed by atoms with Gasteiger partial charge in [-0.2, -0.15) is 13.2 Å². The smallest absolute Gasteiger partial charge is 0.418 e. The lowest BCUT2D eigenvalue weighted by Gasteiger charge is -2.49. The van der Waals surface area contributed by atoms with Crippen LogP contribution in [-0.4, -0.2) is 41.7 Å². The van der Waals surface area contributed by atoms with Crippen molar-refractivity contribution in [3.05, 3.63) is 53.1 Å². The van der Waals surface area contributed by atoms with Gasteiger partial charge >= 0.3 is 6.18 Å². The van der Waals surface area contributed by atoms with Gasteiger partial charge in [-0.05, 0) is 142 Å². The van der Waals surface area contributed by atoms with Crippen LogP contribution >= 0.6 is 0 Å². The molecule has 1 saturated heterocycles. The number of carbonyl (C=O) groups is 1. The number of piperidine rings is 1. The van der Waals surface area contributed by atoms with Gasteiger partial charge in [-0.15, -0.1) is 0 Å². The van der Waals surface area contributed by atoms with Crippen molar-refractivity contribution in [2.24, 2.45) is 23.2 Å². The molecule has 4 aliphatic carbocycles. The van der Waals surface area contributed by atoms with Gasteiger partial charge in [0.15, 0.2) is 0 Å². The quantitative estimate of drug-likeness (QED) is 0.354. The highest BCUT2D eigenvalue weighted by molar-refractivity contribution is 5.91. The minimum atomic E-state index is -4.63. The molecule has 0 aromatic heterocycles. The summed E-state index contributed by atoms with van der Waals surface area (Å²) in [4.78, 5) is 15.0. The maximum absolute atomic E-state index is 14.3. The van der Waals surface area contributed by atoms with Crippen LogP contribution in [0.3, 0.4) is 0 Å². The summed E-state index contributed by atoms with van der Waals surface area (Å²) in [6, 6.07) is 9.57. The molecule has 2 unspecified atom stereocenters. The predicted octanol–water partition coefficient (Wildman–Crippen LogP) is 7.53. The van der Waals surface area contributed by atoms with E-state index in [0.717, 1.165) is 63.4 Å². The van der Waals surface area contributed by atoms with Crippen LogP contribution in [0.5, 0.6) is 11.5 Å². The molecule has 5 nitrogen and oxygen atoms in total. The number of likely N-dealkylation sites (tertiary alicyclic amines) is 1. The minimum absolute atomic E-state index is 0.0953. The zero-order valence-corrected chi connectivity index (χ0v) is 24.1. The van der Waals surface area contributed by atoms with E-state index in [-0.39, 0.29) is 41.0 Å². The number of phenolic OH excluding ortho intramolecular Hbond substituents is 1. The number of aryl methyl sites for hydroxylation is 1. The van der Waals surface area contributed by atoms with Crippen molar-refractivity contribution < 1.29 is 27.8 Å². The number of hydrogen-bond acceptors (Lipinski definition) is 4. The second-order valence-electron chi connectivity index (χ2n) is 13.5. The monoisotopic (exact) mass is 582 g/mol. The number of amides is 1. The van der Waals surface area contributed by atoms with Gasteiger partial charge in [-0.25, -0.2) is 0 Å². The fraction of sp³-hybridized carbons (Fsp3) is 0.618. The minimum Gasteiger partial charge on any atom is -0.508 e. The molecule has 2 aromatic carbocycles. The molecule has 0 bridgehead atoms. The highest BCUT2D eigenvalue weighted by Crippen LogP contribution is 2.75. The summed E-state index contributed by atoms with van der Waals surface area (Å²) in [5.74, 6) is 1.96. The number of ether oxygens (including phenoxy) is 1. The number of aromatic hydroxyl groups is 1. The van der Waals surface area contributed by atoms with Gasteiger partial charge in [0.05, 0.1) is 11.3 Å². The fourth-order valence-corrected chi connectivity index (χ4v) is 9.34. The number of alkyl halides is 3. The van der Waals surface area contributed by atoms with Crippen molar-refractivity contribution in [3.63, 3.8) is 0 Å². The Hall–Kier alpha value is -2.74. The Morgan fingerprint density at radius 3 is 2.67 bits per heavy atom. The molecular weight excluding hydrogens is 541 g/mol. The van der Waals surface area contributed by atoms with Crippen LogP contribution in [0.1, 0.15) is 86.8 Å². The maximum Gasteiger partial charge on any atom is 0.418 e. The first-order chi connectivity index (χ1) is 20.2. The molecule has 1 spiro atoms. The average Bonchev–Trinajstić information content (AvgIpc) is 3.53. The van der Waals surface area contributed by atoms with Gasteiger partial charge in [-0.3, -0.25) is 4.79 Å². The number of nitrogens with zero attached hydrogens (tertiary/aromatic N) is 1. The van der Waals surface area contributed by atoms with E-state index in [1.54, 1.807) is 12.1 Å². The molecular formula is C34H41F3N2O3. The molecule has 1 heterocycles. The lowest BCUT2D eigenvalue weighted by molar-refractivity contribution is -0.137. The summed E-state index contributed by atoms with van der Waals surface area (Å²) >= 11 is 0. The highest BCUT2D eigenvalue weighted by Gasteiger charge is 2.68. The summed E-state index contributed by atoms with van der Waals surface area (Å²) < 4.78 is 49.3. The molecule has 42 heavy (non-hydrogen) atoms. The molecule has 5 aliphatic rings. The number of hydrogen-bond donors (Lipinski definition) is 2. The number of fused-ring (bicyclic) bond motifs is 4. The third-order valence-corrected chi connectivity index (χ3v) is 11.2. The van der Waals surface area contributed by atoms with E-state index >= 15 is 0 Å². The van der Waals surface area contributed by atoms with E-state index in [1.165, 1.54) is 37.3 Å². The summed E-state index contributed by atoms with van der Waals surface area (Å²) in [5, 5.41) is 12.7. The lowest BCUT2D eigenvalue weighted by Crippen LogP contribution is -2.46. The summed E-state index contributed by atoms with van der Waals surface area (Å²) in [6.45, 7) is 2.85. The van der Waals surface area contributed by atoms with Crippen molar-refractivity contribution in [1.82, 2.24) is 4.90 Å². The second kappa shape index (κ2) is 10.8. The highest BCUT2D eigenvalue weighted by atomic mass is 19.4. The third kappa shape index (κ3) is 5.18. The first-order valence-electron chi connectivity index (χ1n) is 15.9. The van der Waals surface area contributed by atoms with Crippen LogP contribution < -0.4 is 10.1 Å². The van der Waals surface area contributed by atoms with E-state index in [0.29, 0.717) is 24.2 Å². The molecule has 8 heteroatoms. The third-order valence-electron chi connectivity index (χ3n) is 11.2. The number of halogens is 3. The fourth-order valence-electron chi connectivity index (χ4n) is 9.34. The van der Waals surface area contributed by atoms with Crippen LogP contribution in [0.15, 0.2) is 36.4 Å². The Morgan fingerprint density at radius 1 is 1.05 bits per heavy atom.